The van der Waals surface area contributed by atoms with Gasteiger partial charge in [-0.25, -0.2) is 0 Å². The molecule has 8 nitrogen and oxygen atoms in total. The Morgan fingerprint density at radius 2 is 1.89 bits per heavy atom. The molecule has 0 bridgehead atoms. The molecule has 206 valence electrons. The highest BCUT2D eigenvalue weighted by Crippen LogP contribution is 2.46. The van der Waals surface area contributed by atoms with Crippen molar-refractivity contribution >= 4 is 23.4 Å². The van der Waals surface area contributed by atoms with Crippen molar-refractivity contribution in [2.24, 2.45) is 5.41 Å². The number of benzene rings is 1. The fourth-order valence-electron chi connectivity index (χ4n) is 6.17. The highest BCUT2D eigenvalue weighted by Gasteiger charge is 2.57. The van der Waals surface area contributed by atoms with Gasteiger partial charge in [0.15, 0.2) is 0 Å². The number of nitrogens with one attached hydrogen (secondary N) is 1. The van der Waals surface area contributed by atoms with Crippen LogP contribution < -0.4 is 5.32 Å². The van der Waals surface area contributed by atoms with Gasteiger partial charge in [-0.05, 0) is 43.4 Å². The van der Waals surface area contributed by atoms with Gasteiger partial charge in [0.1, 0.15) is 18.1 Å². The summed E-state index contributed by atoms with van der Waals surface area (Å²) in [4.78, 5) is 44.4. The van der Waals surface area contributed by atoms with E-state index in [1.165, 1.54) is 23.9 Å². The van der Waals surface area contributed by atoms with Crippen LogP contribution in [0.15, 0.2) is 24.3 Å². The normalized spacial score (nSPS) is 28.2. The molecule has 1 aromatic rings. The van der Waals surface area contributed by atoms with Gasteiger partial charge in [0.05, 0.1) is 17.5 Å². The van der Waals surface area contributed by atoms with E-state index < -0.39 is 53.0 Å². The molecule has 1 aromatic carbocycles. The SMILES string of the molecule is CN(C(=O)[C@@H]1CC[C@H](C(F)(F)F)N1C)[C@@H](CC(C)(C)C)C(=O)N1C[C@]2(C[C@H]1C#N)C(=O)Nc1ccccc12. The second-order valence-electron chi connectivity index (χ2n) is 11.9. The third-order valence-electron chi connectivity index (χ3n) is 8.18. The number of anilines is 1. The van der Waals surface area contributed by atoms with Gasteiger partial charge in [-0.15, -0.1) is 0 Å². The Bertz CT molecular complexity index is 1170. The minimum Gasteiger partial charge on any atom is -0.332 e. The number of carbonyl (C=O) groups is 3. The first-order chi connectivity index (χ1) is 17.6. The first kappa shape index (κ1) is 27.9. The Morgan fingerprint density at radius 1 is 1.24 bits per heavy atom. The van der Waals surface area contributed by atoms with E-state index in [-0.39, 0.29) is 38.1 Å². The van der Waals surface area contributed by atoms with E-state index in [0.29, 0.717) is 5.69 Å². The summed E-state index contributed by atoms with van der Waals surface area (Å²) >= 11 is 0. The van der Waals surface area contributed by atoms with Gasteiger partial charge in [0.25, 0.3) is 0 Å². The number of rotatable bonds is 4. The first-order valence-corrected chi connectivity index (χ1v) is 12.8. The van der Waals surface area contributed by atoms with Crippen molar-refractivity contribution in [3.8, 4) is 6.07 Å². The zero-order chi connectivity index (χ0) is 28.2. The van der Waals surface area contributed by atoms with Crippen molar-refractivity contribution in [3.63, 3.8) is 0 Å². The maximum absolute atomic E-state index is 14.1. The number of amides is 3. The minimum atomic E-state index is -4.45. The van der Waals surface area contributed by atoms with Gasteiger partial charge in [0, 0.05) is 25.7 Å². The molecule has 2 saturated heterocycles. The molecule has 1 N–H and O–H groups in total. The molecular weight excluding hydrogens is 499 g/mol. The maximum atomic E-state index is 14.1. The van der Waals surface area contributed by atoms with Crippen molar-refractivity contribution in [1.29, 1.82) is 5.26 Å². The first-order valence-electron chi connectivity index (χ1n) is 12.8. The maximum Gasteiger partial charge on any atom is 0.404 e. The topological polar surface area (TPSA) is 96.8 Å². The van der Waals surface area contributed by atoms with Crippen LogP contribution in [-0.4, -0.2) is 83.4 Å². The van der Waals surface area contributed by atoms with E-state index in [9.17, 15) is 32.8 Å². The van der Waals surface area contributed by atoms with E-state index >= 15 is 0 Å². The van der Waals surface area contributed by atoms with E-state index in [1.807, 2.05) is 26.8 Å². The quantitative estimate of drug-likeness (QED) is 0.641. The number of halogens is 3. The number of nitrogens with zero attached hydrogens (tertiary/aromatic N) is 4. The van der Waals surface area contributed by atoms with Gasteiger partial charge >= 0.3 is 6.18 Å². The van der Waals surface area contributed by atoms with E-state index in [0.717, 1.165) is 10.5 Å². The molecule has 3 heterocycles. The van der Waals surface area contributed by atoms with Gasteiger partial charge < -0.3 is 15.1 Å². The van der Waals surface area contributed by atoms with Crippen molar-refractivity contribution in [2.75, 3.05) is 26.0 Å². The van der Waals surface area contributed by atoms with E-state index in [2.05, 4.69) is 11.4 Å². The fraction of sp³-hybridized carbons (Fsp3) is 0.630. The van der Waals surface area contributed by atoms with Crippen LogP contribution in [0.5, 0.6) is 0 Å². The lowest BCUT2D eigenvalue weighted by Gasteiger charge is -2.38. The third-order valence-corrected chi connectivity index (χ3v) is 8.18. The molecule has 3 amide bonds. The summed E-state index contributed by atoms with van der Waals surface area (Å²) in [6, 6.07) is 4.70. The molecule has 2 fully saturated rings. The second-order valence-corrected chi connectivity index (χ2v) is 11.9. The van der Waals surface area contributed by atoms with Crippen molar-refractivity contribution < 1.29 is 27.6 Å². The zero-order valence-corrected chi connectivity index (χ0v) is 22.3. The van der Waals surface area contributed by atoms with Crippen LogP contribution in [0, 0.1) is 16.7 Å². The highest BCUT2D eigenvalue weighted by atomic mass is 19.4. The number of likely N-dealkylation sites (N-methyl/N-ethyl adjacent to an activating group) is 2. The second kappa shape index (κ2) is 9.56. The van der Waals surface area contributed by atoms with Crippen LogP contribution in [-0.2, 0) is 19.8 Å². The predicted octanol–water partition coefficient (Wildman–Crippen LogP) is 3.29. The van der Waals surface area contributed by atoms with Crippen molar-refractivity contribution in [3.05, 3.63) is 29.8 Å². The van der Waals surface area contributed by atoms with Crippen LogP contribution >= 0.6 is 0 Å². The molecule has 3 aliphatic rings. The molecule has 1 spiro atoms. The number of para-hydroxylation sites is 1. The number of alkyl halides is 3. The summed E-state index contributed by atoms with van der Waals surface area (Å²) in [6.45, 7) is 5.69. The Hall–Kier alpha value is -3.13. The lowest BCUT2D eigenvalue weighted by Crippen LogP contribution is -2.56. The monoisotopic (exact) mass is 533 g/mol. The van der Waals surface area contributed by atoms with Crippen LogP contribution in [0.2, 0.25) is 0 Å². The van der Waals surface area contributed by atoms with Crippen LogP contribution in [0.3, 0.4) is 0 Å². The molecule has 4 rings (SSSR count). The van der Waals surface area contributed by atoms with Gasteiger partial charge in [-0.2, -0.15) is 18.4 Å². The molecule has 0 radical (unpaired) electrons. The molecule has 0 aromatic heterocycles. The van der Waals surface area contributed by atoms with Crippen molar-refractivity contribution in [2.45, 2.75) is 82.2 Å². The molecule has 0 aliphatic carbocycles. The number of likely N-dealkylation sites (tertiary alicyclic amines) is 2. The Labute approximate surface area is 220 Å². The smallest absolute Gasteiger partial charge is 0.332 e. The van der Waals surface area contributed by atoms with E-state index in [1.54, 1.807) is 18.2 Å². The number of fused-ring (bicyclic) bond motifs is 2. The van der Waals surface area contributed by atoms with Crippen molar-refractivity contribution in [1.82, 2.24) is 14.7 Å². The number of hydrogen-bond acceptors (Lipinski definition) is 5. The summed E-state index contributed by atoms with van der Waals surface area (Å²) in [5, 5.41) is 12.8. The number of hydrogen-bond donors (Lipinski definition) is 1. The molecule has 0 unspecified atom stereocenters. The van der Waals surface area contributed by atoms with Crippen LogP contribution in [0.4, 0.5) is 18.9 Å². The Kier molecular flexibility index (Phi) is 7.02. The molecule has 5 atom stereocenters. The van der Waals surface area contributed by atoms with E-state index in [4.69, 9.17) is 0 Å². The summed E-state index contributed by atoms with van der Waals surface area (Å²) in [5.41, 5.74) is -0.122. The summed E-state index contributed by atoms with van der Waals surface area (Å²) in [5.74, 6) is -1.32. The zero-order valence-electron chi connectivity index (χ0n) is 22.3. The number of carbonyl (C=O) groups excluding carboxylic acids is 3. The van der Waals surface area contributed by atoms with Gasteiger partial charge in [-0.3, -0.25) is 19.3 Å². The lowest BCUT2D eigenvalue weighted by atomic mass is 9.80. The average Bonchev–Trinajstić information content (AvgIpc) is 3.49. The van der Waals surface area contributed by atoms with Gasteiger partial charge in [-0.1, -0.05) is 39.0 Å². The standard InChI is InChI=1S/C27H34F3N5O3/c1-25(2,3)13-20(34(5)22(36)19-10-11-21(33(19)4)27(28,29)30)23(37)35-15-26(12-16(35)14-31)17-8-6-7-9-18(17)32-24(26)38/h6-9,16,19-21H,10-13,15H2,1-5H3,(H,32,38)/t16-,19-,20-,21+,26-/m0/s1. The summed E-state index contributed by atoms with van der Waals surface area (Å²) in [7, 11) is 2.73. The third kappa shape index (κ3) is 4.75. The van der Waals surface area contributed by atoms with Gasteiger partial charge in [0.2, 0.25) is 17.7 Å². The lowest BCUT2D eigenvalue weighted by molar-refractivity contribution is -0.177. The number of nitriles is 1. The highest BCUT2D eigenvalue weighted by molar-refractivity contribution is 6.07. The molecule has 38 heavy (non-hydrogen) atoms. The largest absolute Gasteiger partial charge is 0.404 e. The molecule has 0 saturated carbocycles. The Morgan fingerprint density at radius 3 is 2.47 bits per heavy atom. The fourth-order valence-corrected chi connectivity index (χ4v) is 6.17. The summed E-state index contributed by atoms with van der Waals surface area (Å²) in [6.07, 6.45) is -4.26. The average molecular weight is 534 g/mol. The molecule has 3 aliphatic heterocycles. The molecular formula is C27H34F3N5O3. The van der Waals surface area contributed by atoms with Crippen LogP contribution in [0.25, 0.3) is 0 Å². The minimum absolute atomic E-state index is 0.0188. The predicted molar refractivity (Wildman–Crippen MR) is 134 cm³/mol. The summed E-state index contributed by atoms with van der Waals surface area (Å²) < 4.78 is 40.3. The Balaban J connectivity index is 1.63. The van der Waals surface area contributed by atoms with Crippen LogP contribution in [0.1, 0.15) is 52.0 Å². The molecule has 11 heteroatoms.